The van der Waals surface area contributed by atoms with Gasteiger partial charge in [-0.25, -0.2) is 0 Å². The Morgan fingerprint density at radius 3 is 2.43 bits per heavy atom. The molecule has 1 unspecified atom stereocenters. The summed E-state index contributed by atoms with van der Waals surface area (Å²) in [7, 11) is 0. The first kappa shape index (κ1) is 16.4. The molecule has 0 radical (unpaired) electrons. The highest BCUT2D eigenvalue weighted by molar-refractivity contribution is 5.47. The Morgan fingerprint density at radius 1 is 1.10 bits per heavy atom. The van der Waals surface area contributed by atoms with E-state index in [9.17, 15) is 5.11 Å². The summed E-state index contributed by atoms with van der Waals surface area (Å²) in [6, 6.07) is 5.07. The SMILES string of the molecule is CCCc1ccc2c(c1O)CCC(N(CCC)CCC)C2. The third-order valence-corrected chi connectivity index (χ3v) is 4.70. The molecule has 2 nitrogen and oxygen atoms in total. The van der Waals surface area contributed by atoms with Crippen molar-refractivity contribution in [3.05, 3.63) is 28.8 Å². The van der Waals surface area contributed by atoms with Crippen LogP contribution in [0.25, 0.3) is 0 Å². The highest BCUT2D eigenvalue weighted by atomic mass is 16.3. The van der Waals surface area contributed by atoms with Crippen molar-refractivity contribution in [3.63, 3.8) is 0 Å². The smallest absolute Gasteiger partial charge is 0.122 e. The van der Waals surface area contributed by atoms with Crippen LogP contribution in [0.2, 0.25) is 0 Å². The number of phenols is 1. The van der Waals surface area contributed by atoms with Gasteiger partial charge in [0.05, 0.1) is 0 Å². The van der Waals surface area contributed by atoms with Gasteiger partial charge in [0.15, 0.2) is 0 Å². The molecule has 1 N–H and O–H groups in total. The average Bonchev–Trinajstić information content (AvgIpc) is 2.50. The molecule has 1 aliphatic carbocycles. The lowest BCUT2D eigenvalue weighted by Crippen LogP contribution is -2.40. The quantitative estimate of drug-likeness (QED) is 0.808. The van der Waals surface area contributed by atoms with Crippen molar-refractivity contribution < 1.29 is 5.11 Å². The number of nitrogens with zero attached hydrogens (tertiary/aromatic N) is 1. The van der Waals surface area contributed by atoms with Crippen LogP contribution in [-0.4, -0.2) is 29.1 Å². The molecular formula is C19H31NO. The second-order valence-corrected chi connectivity index (χ2v) is 6.39. The Bertz CT molecular complexity index is 449. The average molecular weight is 289 g/mol. The van der Waals surface area contributed by atoms with Gasteiger partial charge in [0.1, 0.15) is 5.75 Å². The van der Waals surface area contributed by atoms with Gasteiger partial charge in [-0.15, -0.1) is 0 Å². The van der Waals surface area contributed by atoms with Crippen molar-refractivity contribution >= 4 is 0 Å². The second kappa shape index (κ2) is 7.84. The number of phenolic OH excluding ortho intramolecular Hbond substituents is 1. The van der Waals surface area contributed by atoms with Gasteiger partial charge in [-0.1, -0.05) is 39.3 Å². The van der Waals surface area contributed by atoms with Crippen molar-refractivity contribution in [2.75, 3.05) is 13.1 Å². The van der Waals surface area contributed by atoms with Gasteiger partial charge in [-0.2, -0.15) is 0 Å². The van der Waals surface area contributed by atoms with E-state index in [1.165, 1.54) is 43.5 Å². The van der Waals surface area contributed by atoms with Crippen LogP contribution < -0.4 is 0 Å². The monoisotopic (exact) mass is 289 g/mol. The summed E-state index contributed by atoms with van der Waals surface area (Å²) >= 11 is 0. The summed E-state index contributed by atoms with van der Waals surface area (Å²) < 4.78 is 0. The van der Waals surface area contributed by atoms with E-state index in [0.717, 1.165) is 31.2 Å². The zero-order valence-electron chi connectivity index (χ0n) is 14.0. The van der Waals surface area contributed by atoms with Crippen LogP contribution >= 0.6 is 0 Å². The molecule has 1 aliphatic rings. The summed E-state index contributed by atoms with van der Waals surface area (Å²) in [5.41, 5.74) is 3.74. The number of benzene rings is 1. The van der Waals surface area contributed by atoms with Gasteiger partial charge in [0.25, 0.3) is 0 Å². The normalized spacial score (nSPS) is 18.0. The number of rotatable bonds is 7. The van der Waals surface area contributed by atoms with Crippen LogP contribution in [0.15, 0.2) is 12.1 Å². The predicted octanol–water partition coefficient (Wildman–Crippen LogP) is 4.32. The van der Waals surface area contributed by atoms with Gasteiger partial charge < -0.3 is 10.0 Å². The molecule has 118 valence electrons. The molecule has 0 heterocycles. The summed E-state index contributed by atoms with van der Waals surface area (Å²) in [5.74, 6) is 0.588. The van der Waals surface area contributed by atoms with Crippen LogP contribution in [-0.2, 0) is 19.3 Å². The minimum absolute atomic E-state index is 0.588. The van der Waals surface area contributed by atoms with E-state index >= 15 is 0 Å². The minimum Gasteiger partial charge on any atom is -0.507 e. The zero-order chi connectivity index (χ0) is 15.2. The summed E-state index contributed by atoms with van der Waals surface area (Å²) in [6.07, 6.45) is 7.86. The van der Waals surface area contributed by atoms with E-state index in [0.29, 0.717) is 11.8 Å². The molecule has 0 aromatic heterocycles. The van der Waals surface area contributed by atoms with Crippen molar-refractivity contribution in [3.8, 4) is 5.75 Å². The molecule has 1 aromatic rings. The molecule has 2 rings (SSSR count). The minimum atomic E-state index is 0.588. The summed E-state index contributed by atoms with van der Waals surface area (Å²) in [5, 5.41) is 10.5. The highest BCUT2D eigenvalue weighted by Crippen LogP contribution is 2.34. The third-order valence-electron chi connectivity index (χ3n) is 4.70. The van der Waals surface area contributed by atoms with Gasteiger partial charge in [0, 0.05) is 6.04 Å². The standard InChI is InChI=1S/C19H31NO/c1-4-7-15-8-9-16-14-17(10-11-18(16)19(15)21)20(12-5-2)13-6-3/h8-9,17,21H,4-7,10-14H2,1-3H3. The lowest BCUT2D eigenvalue weighted by atomic mass is 9.85. The van der Waals surface area contributed by atoms with Crippen molar-refractivity contribution in [1.82, 2.24) is 4.90 Å². The molecule has 0 fully saturated rings. The molecular weight excluding hydrogens is 258 g/mol. The van der Waals surface area contributed by atoms with E-state index in [2.05, 4.69) is 37.8 Å². The maximum Gasteiger partial charge on any atom is 0.122 e. The van der Waals surface area contributed by atoms with Crippen LogP contribution in [0.1, 0.15) is 63.1 Å². The molecule has 1 aromatic carbocycles. The Labute approximate surface area is 130 Å². The first-order chi connectivity index (χ1) is 10.2. The number of aryl methyl sites for hydroxylation is 1. The fourth-order valence-corrected chi connectivity index (χ4v) is 3.70. The van der Waals surface area contributed by atoms with E-state index in [1.807, 2.05) is 0 Å². The van der Waals surface area contributed by atoms with Crippen molar-refractivity contribution in [2.24, 2.45) is 0 Å². The second-order valence-electron chi connectivity index (χ2n) is 6.39. The molecule has 0 saturated heterocycles. The van der Waals surface area contributed by atoms with Crippen LogP contribution in [0.5, 0.6) is 5.75 Å². The Hall–Kier alpha value is -1.02. The number of hydrogen-bond acceptors (Lipinski definition) is 2. The Kier molecular flexibility index (Phi) is 6.10. The van der Waals surface area contributed by atoms with Crippen LogP contribution in [0, 0.1) is 0 Å². The van der Waals surface area contributed by atoms with Gasteiger partial charge in [0.2, 0.25) is 0 Å². The van der Waals surface area contributed by atoms with Gasteiger partial charge in [-0.05, 0) is 68.3 Å². The third kappa shape index (κ3) is 3.79. The molecule has 1 atom stereocenters. The number of fused-ring (bicyclic) bond motifs is 1. The lowest BCUT2D eigenvalue weighted by Gasteiger charge is -2.35. The fourth-order valence-electron chi connectivity index (χ4n) is 3.70. The fraction of sp³-hybridized carbons (Fsp3) is 0.684. The van der Waals surface area contributed by atoms with Crippen LogP contribution in [0.3, 0.4) is 0 Å². The largest absolute Gasteiger partial charge is 0.507 e. The first-order valence-electron chi connectivity index (χ1n) is 8.77. The number of hydrogen-bond donors (Lipinski definition) is 1. The maximum absolute atomic E-state index is 10.5. The molecule has 0 amide bonds. The summed E-state index contributed by atoms with van der Waals surface area (Å²) in [6.45, 7) is 9.11. The first-order valence-corrected chi connectivity index (χ1v) is 8.77. The van der Waals surface area contributed by atoms with Crippen LogP contribution in [0.4, 0.5) is 0 Å². The summed E-state index contributed by atoms with van der Waals surface area (Å²) in [4.78, 5) is 2.65. The molecule has 0 saturated carbocycles. The van der Waals surface area contributed by atoms with Crippen molar-refractivity contribution in [1.29, 1.82) is 0 Å². The molecule has 0 bridgehead atoms. The topological polar surface area (TPSA) is 23.5 Å². The van der Waals surface area contributed by atoms with Gasteiger partial charge in [-0.3, -0.25) is 0 Å². The van der Waals surface area contributed by atoms with E-state index in [-0.39, 0.29) is 0 Å². The molecule has 0 spiro atoms. The zero-order valence-corrected chi connectivity index (χ0v) is 14.0. The molecule has 0 aliphatic heterocycles. The van der Waals surface area contributed by atoms with Crippen molar-refractivity contribution in [2.45, 2.75) is 71.8 Å². The van der Waals surface area contributed by atoms with Gasteiger partial charge >= 0.3 is 0 Å². The molecule has 21 heavy (non-hydrogen) atoms. The van der Waals surface area contributed by atoms with E-state index < -0.39 is 0 Å². The number of aromatic hydroxyl groups is 1. The highest BCUT2D eigenvalue weighted by Gasteiger charge is 2.25. The molecule has 2 heteroatoms. The Balaban J connectivity index is 2.15. The Morgan fingerprint density at radius 2 is 1.81 bits per heavy atom. The van der Waals surface area contributed by atoms with E-state index in [4.69, 9.17) is 0 Å². The predicted molar refractivity (Wildman–Crippen MR) is 90.1 cm³/mol. The van der Waals surface area contributed by atoms with E-state index in [1.54, 1.807) is 0 Å². The lowest BCUT2D eigenvalue weighted by molar-refractivity contribution is 0.179. The maximum atomic E-state index is 10.5.